The molecule has 0 radical (unpaired) electrons. The SMILES string of the molecule is O=C(O)C1(C(=O)O)OC2CCC1CC2. The van der Waals surface area contributed by atoms with E-state index in [9.17, 15) is 9.59 Å². The zero-order chi connectivity index (χ0) is 10.3. The van der Waals surface area contributed by atoms with Gasteiger partial charge in [-0.15, -0.1) is 0 Å². The second kappa shape index (κ2) is 2.95. The van der Waals surface area contributed by atoms with Crippen LogP contribution in [0.15, 0.2) is 0 Å². The van der Waals surface area contributed by atoms with Crippen LogP contribution in [0.2, 0.25) is 0 Å². The topological polar surface area (TPSA) is 83.8 Å². The van der Waals surface area contributed by atoms with E-state index in [1.54, 1.807) is 0 Å². The van der Waals surface area contributed by atoms with Gasteiger partial charge in [-0.1, -0.05) is 0 Å². The number of carbonyl (C=O) groups is 2. The first-order valence-electron chi connectivity index (χ1n) is 4.72. The van der Waals surface area contributed by atoms with Crippen molar-refractivity contribution in [1.82, 2.24) is 0 Å². The predicted octanol–water partition coefficient (Wildman–Crippen LogP) is 0.483. The maximum Gasteiger partial charge on any atom is 0.348 e. The van der Waals surface area contributed by atoms with Gasteiger partial charge < -0.3 is 14.9 Å². The molecule has 0 aromatic rings. The van der Waals surface area contributed by atoms with E-state index >= 15 is 0 Å². The molecule has 3 fully saturated rings. The zero-order valence-corrected chi connectivity index (χ0v) is 7.60. The van der Waals surface area contributed by atoms with Crippen LogP contribution in [0.3, 0.4) is 0 Å². The normalized spacial score (nSPS) is 34.0. The molecule has 2 aliphatic heterocycles. The lowest BCUT2D eigenvalue weighted by atomic mass is 9.72. The van der Waals surface area contributed by atoms with Gasteiger partial charge in [0, 0.05) is 5.92 Å². The highest BCUT2D eigenvalue weighted by molar-refractivity contribution is 6.02. The number of carboxylic acid groups (broad SMARTS) is 2. The maximum absolute atomic E-state index is 11.0. The second-order valence-corrected chi connectivity index (χ2v) is 3.94. The van der Waals surface area contributed by atoms with E-state index in [-0.39, 0.29) is 12.0 Å². The molecule has 0 unspecified atom stereocenters. The summed E-state index contributed by atoms with van der Waals surface area (Å²) in [5.74, 6) is -3.10. The summed E-state index contributed by atoms with van der Waals surface area (Å²) >= 11 is 0. The van der Waals surface area contributed by atoms with E-state index in [4.69, 9.17) is 14.9 Å². The van der Waals surface area contributed by atoms with Crippen molar-refractivity contribution < 1.29 is 24.5 Å². The number of hydrogen-bond donors (Lipinski definition) is 2. The minimum absolute atomic E-state index is 0.188. The summed E-state index contributed by atoms with van der Waals surface area (Å²) in [4.78, 5) is 22.0. The number of fused-ring (bicyclic) bond motifs is 3. The van der Waals surface area contributed by atoms with Gasteiger partial charge in [0.2, 0.25) is 0 Å². The molecule has 5 nitrogen and oxygen atoms in total. The van der Waals surface area contributed by atoms with Crippen molar-refractivity contribution in [2.45, 2.75) is 37.4 Å². The average Bonchev–Trinajstić information content (AvgIpc) is 2.18. The lowest BCUT2D eigenvalue weighted by Crippen LogP contribution is -2.61. The zero-order valence-electron chi connectivity index (χ0n) is 7.60. The first kappa shape index (κ1) is 9.45. The molecule has 2 saturated heterocycles. The van der Waals surface area contributed by atoms with Crippen LogP contribution >= 0.6 is 0 Å². The van der Waals surface area contributed by atoms with Gasteiger partial charge in [0.05, 0.1) is 6.10 Å². The molecule has 0 aromatic heterocycles. The molecule has 3 aliphatic rings. The van der Waals surface area contributed by atoms with Crippen molar-refractivity contribution in [3.8, 4) is 0 Å². The predicted molar refractivity (Wildman–Crippen MR) is 44.8 cm³/mol. The monoisotopic (exact) mass is 200 g/mol. The van der Waals surface area contributed by atoms with Gasteiger partial charge >= 0.3 is 11.9 Å². The summed E-state index contributed by atoms with van der Waals surface area (Å²) < 4.78 is 5.20. The van der Waals surface area contributed by atoms with Crippen LogP contribution in [0.25, 0.3) is 0 Å². The van der Waals surface area contributed by atoms with Crippen LogP contribution in [0.5, 0.6) is 0 Å². The molecule has 2 bridgehead atoms. The lowest BCUT2D eigenvalue weighted by molar-refractivity contribution is -0.225. The van der Waals surface area contributed by atoms with Gasteiger partial charge in [-0.2, -0.15) is 0 Å². The van der Waals surface area contributed by atoms with Gasteiger partial charge in [-0.25, -0.2) is 9.59 Å². The second-order valence-electron chi connectivity index (χ2n) is 3.94. The molecule has 14 heavy (non-hydrogen) atoms. The first-order valence-corrected chi connectivity index (χ1v) is 4.72. The molecule has 0 amide bonds. The average molecular weight is 200 g/mol. The van der Waals surface area contributed by atoms with Crippen LogP contribution in [-0.2, 0) is 14.3 Å². The molecule has 0 aromatic carbocycles. The number of aliphatic carboxylic acids is 2. The van der Waals surface area contributed by atoms with Crippen LogP contribution in [-0.4, -0.2) is 33.9 Å². The van der Waals surface area contributed by atoms with Crippen LogP contribution < -0.4 is 0 Å². The molecule has 78 valence electrons. The molecule has 0 spiro atoms. The Morgan fingerprint density at radius 3 is 1.79 bits per heavy atom. The minimum atomic E-state index is -1.97. The summed E-state index contributed by atoms with van der Waals surface area (Å²) in [6, 6.07) is 0. The molecule has 2 N–H and O–H groups in total. The van der Waals surface area contributed by atoms with Crippen molar-refractivity contribution in [3.63, 3.8) is 0 Å². The molecule has 1 saturated carbocycles. The van der Waals surface area contributed by atoms with Crippen molar-refractivity contribution in [2.24, 2.45) is 5.92 Å². The Bertz CT molecular complexity index is 263. The summed E-state index contributed by atoms with van der Waals surface area (Å²) in [6.45, 7) is 0. The number of ether oxygens (including phenoxy) is 1. The molecular weight excluding hydrogens is 188 g/mol. The fourth-order valence-corrected chi connectivity index (χ4v) is 2.49. The highest BCUT2D eigenvalue weighted by Crippen LogP contribution is 2.44. The standard InChI is InChI=1S/C9H12O5/c10-7(11)9(8(12)13)5-1-3-6(14-9)4-2-5/h5-6H,1-4H2,(H,10,11)(H,12,13). The molecule has 5 heteroatoms. The van der Waals surface area contributed by atoms with Crippen LogP contribution in [0, 0.1) is 5.92 Å². The van der Waals surface area contributed by atoms with Crippen LogP contribution in [0.4, 0.5) is 0 Å². The lowest BCUT2D eigenvalue weighted by Gasteiger charge is -2.46. The Morgan fingerprint density at radius 2 is 1.57 bits per heavy atom. The maximum atomic E-state index is 11.0. The fraction of sp³-hybridized carbons (Fsp3) is 0.778. The van der Waals surface area contributed by atoms with Gasteiger partial charge in [-0.05, 0) is 25.7 Å². The minimum Gasteiger partial charge on any atom is -0.479 e. The molecule has 3 rings (SSSR count). The molecule has 2 heterocycles. The molecule has 0 atom stereocenters. The van der Waals surface area contributed by atoms with E-state index in [1.807, 2.05) is 0 Å². The van der Waals surface area contributed by atoms with E-state index in [0.717, 1.165) is 12.8 Å². The van der Waals surface area contributed by atoms with Crippen molar-refractivity contribution in [3.05, 3.63) is 0 Å². The smallest absolute Gasteiger partial charge is 0.348 e. The third-order valence-corrected chi connectivity index (χ3v) is 3.24. The Morgan fingerprint density at radius 1 is 1.07 bits per heavy atom. The Hall–Kier alpha value is -1.10. The van der Waals surface area contributed by atoms with Gasteiger partial charge in [-0.3, -0.25) is 0 Å². The molecule has 1 aliphatic carbocycles. The van der Waals surface area contributed by atoms with E-state index in [1.165, 1.54) is 0 Å². The first-order chi connectivity index (χ1) is 6.57. The third kappa shape index (κ3) is 1.05. The highest BCUT2D eigenvalue weighted by atomic mass is 16.6. The summed E-state index contributed by atoms with van der Waals surface area (Å²) in [7, 11) is 0. The summed E-state index contributed by atoms with van der Waals surface area (Å²) in [5, 5.41) is 18.0. The van der Waals surface area contributed by atoms with Crippen molar-refractivity contribution in [1.29, 1.82) is 0 Å². The van der Waals surface area contributed by atoms with Gasteiger partial charge in [0.25, 0.3) is 5.60 Å². The van der Waals surface area contributed by atoms with E-state index < -0.39 is 17.5 Å². The quantitative estimate of drug-likeness (QED) is 0.633. The molecular formula is C9H12O5. The third-order valence-electron chi connectivity index (χ3n) is 3.24. The van der Waals surface area contributed by atoms with Crippen molar-refractivity contribution >= 4 is 11.9 Å². The largest absolute Gasteiger partial charge is 0.479 e. The van der Waals surface area contributed by atoms with E-state index in [2.05, 4.69) is 0 Å². The summed E-state index contributed by atoms with van der Waals surface area (Å²) in [5.41, 5.74) is -1.97. The van der Waals surface area contributed by atoms with Crippen LogP contribution in [0.1, 0.15) is 25.7 Å². The van der Waals surface area contributed by atoms with Crippen molar-refractivity contribution in [2.75, 3.05) is 0 Å². The number of rotatable bonds is 2. The highest BCUT2D eigenvalue weighted by Gasteiger charge is 2.60. The van der Waals surface area contributed by atoms with Gasteiger partial charge in [0.1, 0.15) is 0 Å². The Labute approximate surface area is 80.7 Å². The summed E-state index contributed by atoms with van der Waals surface area (Å²) in [6.07, 6.45) is 2.67. The van der Waals surface area contributed by atoms with Gasteiger partial charge in [0.15, 0.2) is 0 Å². The van der Waals surface area contributed by atoms with E-state index in [0.29, 0.717) is 12.8 Å². The Kier molecular flexibility index (Phi) is 1.99. The Balaban J connectivity index is 2.36. The number of carboxylic acids is 2. The number of hydrogen-bond acceptors (Lipinski definition) is 3. The fourth-order valence-electron chi connectivity index (χ4n) is 2.49.